The Morgan fingerprint density at radius 3 is 2.52 bits per heavy atom. The summed E-state index contributed by atoms with van der Waals surface area (Å²) in [4.78, 5) is 4.64. The number of hydrogen-bond donors (Lipinski definition) is 1. The highest BCUT2D eigenvalue weighted by atomic mass is 79.9. The zero-order chi connectivity index (χ0) is 14.9. The number of aromatic nitrogens is 1. The molecule has 0 saturated carbocycles. The summed E-state index contributed by atoms with van der Waals surface area (Å²) in [6, 6.07) is 19.8. The Morgan fingerprint density at radius 2 is 1.71 bits per heavy atom. The molecule has 0 radical (unpaired) electrons. The SMILES string of the molecule is CC(O)(Cc1ccc2ccccc2n1)c1ccccc1Br. The molecular formula is C18H16BrNO. The molecule has 3 rings (SSSR count). The number of hydrogen-bond acceptors (Lipinski definition) is 2. The third-order valence-electron chi connectivity index (χ3n) is 3.64. The van der Waals surface area contributed by atoms with E-state index < -0.39 is 5.60 Å². The Labute approximate surface area is 132 Å². The largest absolute Gasteiger partial charge is 0.385 e. The zero-order valence-electron chi connectivity index (χ0n) is 11.8. The van der Waals surface area contributed by atoms with Gasteiger partial charge in [-0.05, 0) is 30.7 Å². The molecule has 0 amide bonds. The molecule has 0 bridgehead atoms. The van der Waals surface area contributed by atoms with Gasteiger partial charge in [0.1, 0.15) is 0 Å². The number of nitrogens with zero attached hydrogens (tertiary/aromatic N) is 1. The summed E-state index contributed by atoms with van der Waals surface area (Å²) in [7, 11) is 0. The molecule has 21 heavy (non-hydrogen) atoms. The first kappa shape index (κ1) is 14.2. The highest BCUT2D eigenvalue weighted by Gasteiger charge is 2.26. The first-order valence-corrected chi connectivity index (χ1v) is 7.68. The molecule has 1 aromatic heterocycles. The Balaban J connectivity index is 1.95. The van der Waals surface area contributed by atoms with Crippen LogP contribution in [0.3, 0.4) is 0 Å². The number of pyridine rings is 1. The molecule has 1 unspecified atom stereocenters. The predicted octanol–water partition coefficient (Wildman–Crippen LogP) is 4.45. The molecule has 3 aromatic rings. The van der Waals surface area contributed by atoms with Gasteiger partial charge in [-0.1, -0.05) is 58.4 Å². The van der Waals surface area contributed by atoms with E-state index in [4.69, 9.17) is 0 Å². The Hall–Kier alpha value is -1.71. The van der Waals surface area contributed by atoms with E-state index >= 15 is 0 Å². The molecule has 0 spiro atoms. The molecule has 0 fully saturated rings. The first-order valence-electron chi connectivity index (χ1n) is 6.88. The standard InChI is InChI=1S/C18H16BrNO/c1-18(21,15-7-3-4-8-16(15)19)12-14-11-10-13-6-2-5-9-17(13)20-14/h2-11,21H,12H2,1H3. The molecule has 1 atom stereocenters. The third-order valence-corrected chi connectivity index (χ3v) is 4.33. The van der Waals surface area contributed by atoms with Crippen LogP contribution in [0.5, 0.6) is 0 Å². The van der Waals surface area contributed by atoms with E-state index in [-0.39, 0.29) is 0 Å². The lowest BCUT2D eigenvalue weighted by atomic mass is 9.91. The van der Waals surface area contributed by atoms with Crippen LogP contribution >= 0.6 is 15.9 Å². The number of benzene rings is 2. The average Bonchev–Trinajstić information content (AvgIpc) is 2.47. The summed E-state index contributed by atoms with van der Waals surface area (Å²) in [5.41, 5.74) is 1.75. The molecule has 3 heteroatoms. The van der Waals surface area contributed by atoms with Gasteiger partial charge in [-0.2, -0.15) is 0 Å². The van der Waals surface area contributed by atoms with Gasteiger partial charge in [0.05, 0.1) is 11.1 Å². The summed E-state index contributed by atoms with van der Waals surface area (Å²) in [6.45, 7) is 1.82. The number of halogens is 1. The fourth-order valence-electron chi connectivity index (χ4n) is 2.55. The maximum atomic E-state index is 10.8. The van der Waals surface area contributed by atoms with E-state index in [1.54, 1.807) is 0 Å². The number of fused-ring (bicyclic) bond motifs is 1. The molecular weight excluding hydrogens is 326 g/mol. The summed E-state index contributed by atoms with van der Waals surface area (Å²) in [5.74, 6) is 0. The van der Waals surface area contributed by atoms with Gasteiger partial charge in [-0.15, -0.1) is 0 Å². The molecule has 0 saturated heterocycles. The van der Waals surface area contributed by atoms with Gasteiger partial charge in [0.15, 0.2) is 0 Å². The molecule has 2 aromatic carbocycles. The maximum Gasteiger partial charge on any atom is 0.0934 e. The van der Waals surface area contributed by atoms with Crippen molar-refractivity contribution in [1.29, 1.82) is 0 Å². The summed E-state index contributed by atoms with van der Waals surface area (Å²) >= 11 is 3.50. The molecule has 1 heterocycles. The van der Waals surface area contributed by atoms with E-state index in [1.165, 1.54) is 0 Å². The van der Waals surface area contributed by atoms with Crippen LogP contribution in [-0.4, -0.2) is 10.1 Å². The molecule has 0 aliphatic rings. The Morgan fingerprint density at radius 1 is 1.00 bits per heavy atom. The second kappa shape index (κ2) is 5.58. The Kier molecular flexibility index (Phi) is 3.79. The predicted molar refractivity (Wildman–Crippen MR) is 89.2 cm³/mol. The quantitative estimate of drug-likeness (QED) is 0.763. The Bertz CT molecular complexity index is 783. The van der Waals surface area contributed by atoms with Gasteiger partial charge in [0.2, 0.25) is 0 Å². The lowest BCUT2D eigenvalue weighted by molar-refractivity contribution is 0.0559. The van der Waals surface area contributed by atoms with Crippen molar-refractivity contribution in [1.82, 2.24) is 4.98 Å². The first-order chi connectivity index (χ1) is 10.1. The van der Waals surface area contributed by atoms with Crippen molar-refractivity contribution < 1.29 is 5.11 Å². The zero-order valence-corrected chi connectivity index (χ0v) is 13.3. The van der Waals surface area contributed by atoms with Crippen LogP contribution in [0, 0.1) is 0 Å². The van der Waals surface area contributed by atoms with E-state index in [0.717, 1.165) is 26.6 Å². The van der Waals surface area contributed by atoms with Gasteiger partial charge < -0.3 is 5.11 Å². The van der Waals surface area contributed by atoms with Crippen LogP contribution in [0.2, 0.25) is 0 Å². The van der Waals surface area contributed by atoms with Crippen LogP contribution in [0.25, 0.3) is 10.9 Å². The minimum Gasteiger partial charge on any atom is -0.385 e. The van der Waals surface area contributed by atoms with Gasteiger partial charge >= 0.3 is 0 Å². The van der Waals surface area contributed by atoms with Gasteiger partial charge in [0, 0.05) is 22.0 Å². The topological polar surface area (TPSA) is 33.1 Å². The van der Waals surface area contributed by atoms with Crippen molar-refractivity contribution >= 4 is 26.8 Å². The lowest BCUT2D eigenvalue weighted by Crippen LogP contribution is -2.25. The summed E-state index contributed by atoms with van der Waals surface area (Å²) < 4.78 is 0.913. The fraction of sp³-hybridized carbons (Fsp3) is 0.167. The second-order valence-corrected chi connectivity index (χ2v) is 6.28. The van der Waals surface area contributed by atoms with Crippen LogP contribution < -0.4 is 0 Å². The number of rotatable bonds is 3. The number of aliphatic hydroxyl groups is 1. The highest BCUT2D eigenvalue weighted by molar-refractivity contribution is 9.10. The minimum atomic E-state index is -0.963. The van der Waals surface area contributed by atoms with Crippen molar-refractivity contribution in [2.75, 3.05) is 0 Å². The van der Waals surface area contributed by atoms with E-state index in [1.807, 2.05) is 67.6 Å². The van der Waals surface area contributed by atoms with Crippen LogP contribution in [0.1, 0.15) is 18.2 Å². The van der Waals surface area contributed by atoms with Crippen molar-refractivity contribution in [2.24, 2.45) is 0 Å². The van der Waals surface area contributed by atoms with Crippen molar-refractivity contribution in [2.45, 2.75) is 18.9 Å². The monoisotopic (exact) mass is 341 g/mol. The van der Waals surface area contributed by atoms with E-state index in [0.29, 0.717) is 6.42 Å². The lowest BCUT2D eigenvalue weighted by Gasteiger charge is -2.25. The molecule has 1 N–H and O–H groups in total. The average molecular weight is 342 g/mol. The van der Waals surface area contributed by atoms with Crippen LogP contribution in [-0.2, 0) is 12.0 Å². The van der Waals surface area contributed by atoms with E-state index in [2.05, 4.69) is 20.9 Å². The normalized spacial score (nSPS) is 14.0. The second-order valence-electron chi connectivity index (χ2n) is 5.43. The van der Waals surface area contributed by atoms with Gasteiger partial charge in [0.25, 0.3) is 0 Å². The van der Waals surface area contributed by atoms with Gasteiger partial charge in [-0.3, -0.25) is 4.98 Å². The van der Waals surface area contributed by atoms with Crippen molar-refractivity contribution in [3.63, 3.8) is 0 Å². The van der Waals surface area contributed by atoms with Gasteiger partial charge in [-0.25, -0.2) is 0 Å². The van der Waals surface area contributed by atoms with Crippen LogP contribution in [0.15, 0.2) is 65.1 Å². The maximum absolute atomic E-state index is 10.8. The third kappa shape index (κ3) is 2.99. The molecule has 0 aliphatic heterocycles. The van der Waals surface area contributed by atoms with Crippen molar-refractivity contribution in [3.8, 4) is 0 Å². The smallest absolute Gasteiger partial charge is 0.0934 e. The minimum absolute atomic E-state index is 0.473. The molecule has 0 aliphatic carbocycles. The summed E-state index contributed by atoms with van der Waals surface area (Å²) in [6.07, 6.45) is 0.473. The fourth-order valence-corrected chi connectivity index (χ4v) is 3.26. The number of para-hydroxylation sites is 1. The van der Waals surface area contributed by atoms with Crippen LogP contribution in [0.4, 0.5) is 0 Å². The summed E-state index contributed by atoms with van der Waals surface area (Å²) in [5, 5.41) is 11.9. The molecule has 106 valence electrons. The highest BCUT2D eigenvalue weighted by Crippen LogP contribution is 2.31. The van der Waals surface area contributed by atoms with Crippen molar-refractivity contribution in [3.05, 3.63) is 76.4 Å². The molecule has 2 nitrogen and oxygen atoms in total. The van der Waals surface area contributed by atoms with E-state index in [9.17, 15) is 5.11 Å².